The fourth-order valence-corrected chi connectivity index (χ4v) is 5.96. The lowest BCUT2D eigenvalue weighted by Gasteiger charge is -2.25. The van der Waals surface area contributed by atoms with E-state index in [1.807, 2.05) is 35.2 Å². The zero-order valence-electron chi connectivity index (χ0n) is 14.8. The van der Waals surface area contributed by atoms with Gasteiger partial charge in [-0.2, -0.15) is 0 Å². The van der Waals surface area contributed by atoms with Crippen molar-refractivity contribution < 1.29 is 9.53 Å². The molecule has 1 amide bonds. The van der Waals surface area contributed by atoms with E-state index in [0.717, 1.165) is 41.2 Å². The molecule has 2 aromatic carbocycles. The third-order valence-electron chi connectivity index (χ3n) is 5.11. The fourth-order valence-electron chi connectivity index (χ4n) is 3.72. The second-order valence-corrected chi connectivity index (χ2v) is 9.22. The number of anilines is 1. The minimum Gasteiger partial charge on any atom is -0.376 e. The van der Waals surface area contributed by atoms with E-state index < -0.39 is 0 Å². The van der Waals surface area contributed by atoms with Crippen LogP contribution in [-0.4, -0.2) is 35.4 Å². The SMILES string of the molecule is O=C([C@H]1Cc2ccccc2S1)N(C[C@@H]1CCCO1)c1nc2ccccc2s1. The van der Waals surface area contributed by atoms with Crippen LogP contribution in [0.5, 0.6) is 0 Å². The van der Waals surface area contributed by atoms with E-state index in [1.165, 1.54) is 10.5 Å². The van der Waals surface area contributed by atoms with Crippen molar-refractivity contribution >= 4 is 44.4 Å². The van der Waals surface area contributed by atoms with Crippen molar-refractivity contribution in [3.8, 4) is 0 Å². The van der Waals surface area contributed by atoms with E-state index in [-0.39, 0.29) is 17.3 Å². The number of hydrogen-bond donors (Lipinski definition) is 0. The Bertz CT molecular complexity index is 923. The molecule has 0 saturated carbocycles. The topological polar surface area (TPSA) is 42.4 Å². The zero-order valence-corrected chi connectivity index (χ0v) is 16.5. The Balaban J connectivity index is 1.45. The molecular weight excluding hydrogens is 376 g/mol. The molecule has 0 unspecified atom stereocenters. The maximum Gasteiger partial charge on any atom is 0.242 e. The highest BCUT2D eigenvalue weighted by Crippen LogP contribution is 2.39. The predicted octanol–water partition coefficient (Wildman–Crippen LogP) is 4.53. The number of amides is 1. The zero-order chi connectivity index (χ0) is 18.2. The fraction of sp³-hybridized carbons (Fsp3) is 0.333. The van der Waals surface area contributed by atoms with Crippen molar-refractivity contribution in [1.82, 2.24) is 4.98 Å². The molecule has 3 heterocycles. The molecular formula is C21H20N2O2S2. The molecule has 2 atom stereocenters. The van der Waals surface area contributed by atoms with Gasteiger partial charge in [-0.25, -0.2) is 4.98 Å². The molecule has 2 aliphatic rings. The average Bonchev–Trinajstić information content (AvgIpc) is 3.44. The smallest absolute Gasteiger partial charge is 0.242 e. The number of para-hydroxylation sites is 1. The number of ether oxygens (including phenoxy) is 1. The molecule has 4 nitrogen and oxygen atoms in total. The van der Waals surface area contributed by atoms with Gasteiger partial charge in [-0.05, 0) is 43.0 Å². The monoisotopic (exact) mass is 396 g/mol. The minimum absolute atomic E-state index is 0.0872. The molecule has 5 rings (SSSR count). The van der Waals surface area contributed by atoms with Gasteiger partial charge in [-0.15, -0.1) is 11.8 Å². The number of carbonyl (C=O) groups is 1. The van der Waals surface area contributed by atoms with Crippen LogP contribution in [0.25, 0.3) is 10.2 Å². The van der Waals surface area contributed by atoms with Gasteiger partial charge in [0.2, 0.25) is 5.91 Å². The number of carbonyl (C=O) groups excluding carboxylic acids is 1. The largest absolute Gasteiger partial charge is 0.376 e. The first-order valence-electron chi connectivity index (χ1n) is 9.31. The van der Waals surface area contributed by atoms with Gasteiger partial charge in [0.05, 0.1) is 28.1 Å². The van der Waals surface area contributed by atoms with Crippen LogP contribution < -0.4 is 4.90 Å². The summed E-state index contributed by atoms with van der Waals surface area (Å²) in [4.78, 5) is 21.3. The van der Waals surface area contributed by atoms with Crippen LogP contribution in [0.4, 0.5) is 5.13 Å². The Labute approximate surface area is 166 Å². The molecule has 0 aliphatic carbocycles. The number of thiazole rings is 1. The summed E-state index contributed by atoms with van der Waals surface area (Å²) in [5.74, 6) is 0.144. The molecule has 27 heavy (non-hydrogen) atoms. The van der Waals surface area contributed by atoms with E-state index in [9.17, 15) is 4.79 Å². The van der Waals surface area contributed by atoms with Crippen molar-refractivity contribution in [3.05, 3.63) is 54.1 Å². The normalized spacial score (nSPS) is 21.5. The van der Waals surface area contributed by atoms with Gasteiger partial charge in [0.1, 0.15) is 0 Å². The predicted molar refractivity (Wildman–Crippen MR) is 111 cm³/mol. The molecule has 1 fully saturated rings. The number of thioether (sulfide) groups is 1. The first kappa shape index (κ1) is 17.2. The Morgan fingerprint density at radius 3 is 2.85 bits per heavy atom. The summed E-state index contributed by atoms with van der Waals surface area (Å²) < 4.78 is 6.94. The van der Waals surface area contributed by atoms with Gasteiger partial charge >= 0.3 is 0 Å². The van der Waals surface area contributed by atoms with E-state index in [2.05, 4.69) is 18.2 Å². The highest BCUT2D eigenvalue weighted by Gasteiger charge is 2.35. The van der Waals surface area contributed by atoms with E-state index in [4.69, 9.17) is 9.72 Å². The van der Waals surface area contributed by atoms with E-state index >= 15 is 0 Å². The molecule has 0 N–H and O–H groups in total. The summed E-state index contributed by atoms with van der Waals surface area (Å²) in [5, 5.41) is 0.698. The second kappa shape index (κ2) is 7.26. The third-order valence-corrected chi connectivity index (χ3v) is 7.48. The second-order valence-electron chi connectivity index (χ2n) is 6.97. The van der Waals surface area contributed by atoms with Gasteiger partial charge in [-0.1, -0.05) is 41.7 Å². The van der Waals surface area contributed by atoms with Gasteiger partial charge in [0, 0.05) is 11.5 Å². The van der Waals surface area contributed by atoms with Crippen molar-refractivity contribution in [1.29, 1.82) is 0 Å². The number of hydrogen-bond acceptors (Lipinski definition) is 5. The van der Waals surface area contributed by atoms with E-state index in [0.29, 0.717) is 6.54 Å². The van der Waals surface area contributed by atoms with Crippen molar-refractivity contribution in [2.75, 3.05) is 18.1 Å². The maximum absolute atomic E-state index is 13.5. The highest BCUT2D eigenvalue weighted by atomic mass is 32.2. The van der Waals surface area contributed by atoms with Gasteiger partial charge in [0.15, 0.2) is 5.13 Å². The number of aromatic nitrogens is 1. The molecule has 0 spiro atoms. The molecule has 2 aliphatic heterocycles. The molecule has 0 radical (unpaired) electrons. The van der Waals surface area contributed by atoms with Crippen LogP contribution in [-0.2, 0) is 16.0 Å². The van der Waals surface area contributed by atoms with Gasteiger partial charge < -0.3 is 4.74 Å². The Morgan fingerprint density at radius 1 is 1.19 bits per heavy atom. The van der Waals surface area contributed by atoms with Crippen LogP contribution in [0.3, 0.4) is 0 Å². The molecule has 1 aromatic heterocycles. The Morgan fingerprint density at radius 2 is 2.04 bits per heavy atom. The van der Waals surface area contributed by atoms with Crippen LogP contribution in [0, 0.1) is 0 Å². The summed E-state index contributed by atoms with van der Waals surface area (Å²) in [6.45, 7) is 1.38. The lowest BCUT2D eigenvalue weighted by Crippen LogP contribution is -2.42. The van der Waals surface area contributed by atoms with E-state index in [1.54, 1.807) is 23.1 Å². The number of rotatable bonds is 4. The van der Waals surface area contributed by atoms with Gasteiger partial charge in [-0.3, -0.25) is 9.69 Å². The van der Waals surface area contributed by atoms with Crippen LogP contribution in [0.15, 0.2) is 53.4 Å². The Hall–Kier alpha value is -1.89. The first-order valence-corrected chi connectivity index (χ1v) is 11.0. The van der Waals surface area contributed by atoms with Crippen LogP contribution >= 0.6 is 23.1 Å². The minimum atomic E-state index is -0.0872. The summed E-state index contributed by atoms with van der Waals surface area (Å²) in [6, 6.07) is 16.4. The molecule has 1 saturated heterocycles. The van der Waals surface area contributed by atoms with Crippen LogP contribution in [0.2, 0.25) is 0 Å². The Kier molecular flexibility index (Phi) is 4.63. The summed E-state index contributed by atoms with van der Waals surface area (Å²) in [5.41, 5.74) is 2.22. The summed E-state index contributed by atoms with van der Waals surface area (Å²) >= 11 is 3.27. The molecule has 0 bridgehead atoms. The highest BCUT2D eigenvalue weighted by molar-refractivity contribution is 8.01. The van der Waals surface area contributed by atoms with Crippen LogP contribution in [0.1, 0.15) is 18.4 Å². The lowest BCUT2D eigenvalue weighted by molar-refractivity contribution is -0.118. The van der Waals surface area contributed by atoms with Crippen molar-refractivity contribution in [3.63, 3.8) is 0 Å². The van der Waals surface area contributed by atoms with Gasteiger partial charge in [0.25, 0.3) is 0 Å². The molecule has 3 aromatic rings. The number of nitrogens with zero attached hydrogens (tertiary/aromatic N) is 2. The third kappa shape index (κ3) is 3.37. The lowest BCUT2D eigenvalue weighted by atomic mass is 10.1. The first-order chi connectivity index (χ1) is 13.3. The standard InChI is InChI=1S/C21H20N2O2S2/c24-20(19-12-14-6-1-3-9-17(14)26-19)23(13-15-7-5-11-25-15)21-22-16-8-2-4-10-18(16)27-21/h1-4,6,8-10,15,19H,5,7,11-13H2/t15-,19+/m0/s1. The van der Waals surface area contributed by atoms with Crippen molar-refractivity contribution in [2.24, 2.45) is 0 Å². The average molecular weight is 397 g/mol. The quantitative estimate of drug-likeness (QED) is 0.650. The summed E-state index contributed by atoms with van der Waals surface area (Å²) in [7, 11) is 0. The molecule has 138 valence electrons. The number of fused-ring (bicyclic) bond motifs is 2. The molecule has 6 heteroatoms. The number of benzene rings is 2. The summed E-state index contributed by atoms with van der Waals surface area (Å²) in [6.07, 6.45) is 2.96. The van der Waals surface area contributed by atoms with Crippen molar-refractivity contribution in [2.45, 2.75) is 35.5 Å². The maximum atomic E-state index is 13.5.